The van der Waals surface area contributed by atoms with Crippen LogP contribution in [-0.4, -0.2) is 17.7 Å². The maximum Gasteiger partial charge on any atom is 0.147 e. The van der Waals surface area contributed by atoms with Gasteiger partial charge in [0.1, 0.15) is 5.78 Å². The highest BCUT2D eigenvalue weighted by molar-refractivity contribution is 6.21. The largest absolute Gasteiger partial charge is 0.324 e. The Bertz CT molecular complexity index is 82.5. The van der Waals surface area contributed by atoms with E-state index >= 15 is 0 Å². The van der Waals surface area contributed by atoms with Crippen LogP contribution < -0.4 is 5.73 Å². The molecule has 1 atom stereocenters. The lowest BCUT2D eigenvalue weighted by Crippen LogP contribution is -2.15. The molecule has 0 aliphatic rings. The van der Waals surface area contributed by atoms with Gasteiger partial charge in [-0.25, -0.2) is 0 Å². The zero-order valence-electron chi connectivity index (χ0n) is 4.86. The Morgan fingerprint density at radius 1 is 1.88 bits per heavy atom. The number of nitrogens with two attached hydrogens (primary N) is 1. The van der Waals surface area contributed by atoms with Crippen LogP contribution in [0.3, 0.4) is 0 Å². The fourth-order valence-electron chi connectivity index (χ4n) is 0.397. The number of rotatable bonds is 3. The molecule has 0 aliphatic heterocycles. The molecule has 0 aromatic heterocycles. The number of hydrogen-bond donors (Lipinski definition) is 1. The fourth-order valence-corrected chi connectivity index (χ4v) is 0.569. The maximum atomic E-state index is 10.4. The Balaban J connectivity index is 3.25. The van der Waals surface area contributed by atoms with Gasteiger partial charge in [0.15, 0.2) is 0 Å². The normalized spacial score (nSPS) is 13.4. The smallest absolute Gasteiger partial charge is 0.147 e. The minimum absolute atomic E-state index is 0.0208. The van der Waals surface area contributed by atoms with Gasteiger partial charge >= 0.3 is 0 Å². The predicted molar refractivity (Wildman–Crippen MR) is 34.0 cm³/mol. The molecule has 0 heterocycles. The van der Waals surface area contributed by atoms with Crippen molar-refractivity contribution in [3.05, 3.63) is 0 Å². The van der Waals surface area contributed by atoms with Crippen molar-refractivity contribution in [2.75, 3.05) is 6.54 Å². The lowest BCUT2D eigenvalue weighted by molar-refractivity contribution is -0.117. The van der Waals surface area contributed by atoms with E-state index in [1.807, 2.05) is 0 Å². The lowest BCUT2D eigenvalue weighted by Gasteiger charge is -1.96. The molecule has 0 spiro atoms. The van der Waals surface area contributed by atoms with Gasteiger partial charge in [-0.3, -0.25) is 4.79 Å². The summed E-state index contributed by atoms with van der Waals surface area (Å²) in [6.07, 6.45) is 0.387. The average Bonchev–Trinajstić information content (AvgIpc) is 1.65. The minimum Gasteiger partial charge on any atom is -0.324 e. The predicted octanol–water partition coefficient (Wildman–Crippen LogP) is 0.532. The van der Waals surface area contributed by atoms with Crippen LogP contribution in [0.25, 0.3) is 0 Å². The van der Waals surface area contributed by atoms with Crippen molar-refractivity contribution < 1.29 is 4.79 Å². The van der Waals surface area contributed by atoms with E-state index in [4.69, 9.17) is 17.3 Å². The first-order valence-corrected chi connectivity index (χ1v) is 2.96. The molecule has 0 fully saturated rings. The van der Waals surface area contributed by atoms with Crippen molar-refractivity contribution in [1.29, 1.82) is 0 Å². The minimum atomic E-state index is -0.0777. The van der Waals surface area contributed by atoms with Crippen LogP contribution in [0.4, 0.5) is 0 Å². The number of halogens is 1. The third kappa shape index (κ3) is 4.09. The molecule has 1 unspecified atom stereocenters. The third-order valence-electron chi connectivity index (χ3n) is 0.737. The first-order chi connectivity index (χ1) is 3.66. The summed E-state index contributed by atoms with van der Waals surface area (Å²) in [5, 5.41) is -0.0777. The number of carbonyl (C=O) groups excluding carboxylic acids is 1. The first-order valence-electron chi connectivity index (χ1n) is 2.52. The molecule has 0 aromatic rings. The Morgan fingerprint density at radius 3 is 2.50 bits per heavy atom. The summed E-state index contributed by atoms with van der Waals surface area (Å²) in [4.78, 5) is 10.4. The van der Waals surface area contributed by atoms with Crippen LogP contribution in [0.15, 0.2) is 0 Å². The number of hydrogen-bond acceptors (Lipinski definition) is 2. The Kier molecular flexibility index (Phi) is 3.83. The van der Waals surface area contributed by atoms with Gasteiger partial charge in [0.05, 0.1) is 6.54 Å². The fraction of sp³-hybridized carbons (Fsp3) is 0.800. The molecule has 8 heavy (non-hydrogen) atoms. The topological polar surface area (TPSA) is 43.1 Å². The zero-order valence-corrected chi connectivity index (χ0v) is 5.61. The summed E-state index contributed by atoms with van der Waals surface area (Å²) in [5.74, 6) is 0.0208. The molecule has 3 heteroatoms. The Hall–Kier alpha value is -0.0800. The molecule has 0 aromatic carbocycles. The van der Waals surface area contributed by atoms with Crippen LogP contribution in [0.2, 0.25) is 0 Å². The highest BCUT2D eigenvalue weighted by atomic mass is 35.5. The van der Waals surface area contributed by atoms with E-state index in [1.54, 1.807) is 6.92 Å². The molecule has 0 radical (unpaired) electrons. The highest BCUT2D eigenvalue weighted by Crippen LogP contribution is 1.98. The summed E-state index contributed by atoms with van der Waals surface area (Å²) in [7, 11) is 0. The molecule has 0 saturated heterocycles. The van der Waals surface area contributed by atoms with E-state index < -0.39 is 0 Å². The van der Waals surface area contributed by atoms with Gasteiger partial charge < -0.3 is 5.73 Å². The molecule has 0 saturated carbocycles. The molecule has 0 aliphatic carbocycles. The van der Waals surface area contributed by atoms with Gasteiger partial charge in [0, 0.05) is 11.8 Å². The van der Waals surface area contributed by atoms with Crippen LogP contribution in [0.1, 0.15) is 13.3 Å². The van der Waals surface area contributed by atoms with Crippen molar-refractivity contribution >= 4 is 17.4 Å². The number of carbonyl (C=O) groups is 1. The van der Waals surface area contributed by atoms with E-state index in [0.29, 0.717) is 6.42 Å². The summed E-state index contributed by atoms with van der Waals surface area (Å²) >= 11 is 5.48. The number of Topliss-reactive ketones (excluding diaryl/α,β-unsaturated/α-hetero) is 1. The molecule has 2 nitrogen and oxygen atoms in total. The lowest BCUT2D eigenvalue weighted by atomic mass is 10.2. The van der Waals surface area contributed by atoms with Gasteiger partial charge in [0.2, 0.25) is 0 Å². The van der Waals surface area contributed by atoms with Crippen molar-refractivity contribution in [2.45, 2.75) is 18.7 Å². The summed E-state index contributed by atoms with van der Waals surface area (Å²) in [6.45, 7) is 1.88. The standard InChI is InChI=1S/C5H10ClNO/c1-4(6)2-5(8)3-7/h4H,2-3,7H2,1H3. The molecular weight excluding hydrogens is 126 g/mol. The summed E-state index contributed by atoms with van der Waals surface area (Å²) in [5.41, 5.74) is 5.01. The molecule has 0 amide bonds. The van der Waals surface area contributed by atoms with Crippen molar-refractivity contribution in [1.82, 2.24) is 0 Å². The SMILES string of the molecule is CC(Cl)CC(=O)CN. The van der Waals surface area contributed by atoms with E-state index in [9.17, 15) is 4.79 Å². The molecular formula is C5H10ClNO. The first kappa shape index (κ1) is 7.92. The van der Waals surface area contributed by atoms with E-state index in [2.05, 4.69) is 0 Å². The van der Waals surface area contributed by atoms with E-state index in [1.165, 1.54) is 0 Å². The van der Waals surface area contributed by atoms with Crippen LogP contribution in [0, 0.1) is 0 Å². The maximum absolute atomic E-state index is 10.4. The molecule has 2 N–H and O–H groups in total. The second-order valence-electron chi connectivity index (χ2n) is 1.73. The zero-order chi connectivity index (χ0) is 6.57. The van der Waals surface area contributed by atoms with E-state index in [0.717, 1.165) is 0 Å². The van der Waals surface area contributed by atoms with Gasteiger partial charge in [-0.1, -0.05) is 0 Å². The highest BCUT2D eigenvalue weighted by Gasteiger charge is 2.01. The number of ketones is 1. The number of alkyl halides is 1. The molecule has 0 bridgehead atoms. The van der Waals surface area contributed by atoms with Gasteiger partial charge in [-0.15, -0.1) is 11.6 Å². The molecule has 48 valence electrons. The monoisotopic (exact) mass is 135 g/mol. The van der Waals surface area contributed by atoms with Crippen LogP contribution >= 0.6 is 11.6 Å². The molecule has 0 rings (SSSR count). The van der Waals surface area contributed by atoms with Gasteiger partial charge in [-0.05, 0) is 6.92 Å². The average molecular weight is 136 g/mol. The van der Waals surface area contributed by atoms with Crippen LogP contribution in [-0.2, 0) is 4.79 Å². The van der Waals surface area contributed by atoms with Crippen molar-refractivity contribution in [3.63, 3.8) is 0 Å². The third-order valence-corrected chi connectivity index (χ3v) is 0.891. The summed E-state index contributed by atoms with van der Waals surface area (Å²) < 4.78 is 0. The van der Waals surface area contributed by atoms with Gasteiger partial charge in [-0.2, -0.15) is 0 Å². The van der Waals surface area contributed by atoms with Crippen LogP contribution in [0.5, 0.6) is 0 Å². The Morgan fingerprint density at radius 2 is 2.38 bits per heavy atom. The van der Waals surface area contributed by atoms with Crippen molar-refractivity contribution in [2.24, 2.45) is 5.73 Å². The quantitative estimate of drug-likeness (QED) is 0.574. The van der Waals surface area contributed by atoms with Gasteiger partial charge in [0.25, 0.3) is 0 Å². The van der Waals surface area contributed by atoms with Crippen molar-refractivity contribution in [3.8, 4) is 0 Å². The van der Waals surface area contributed by atoms with E-state index in [-0.39, 0.29) is 17.7 Å². The summed E-state index contributed by atoms with van der Waals surface area (Å²) in [6, 6.07) is 0. The second-order valence-corrected chi connectivity index (χ2v) is 2.47. The second kappa shape index (κ2) is 3.87. The Labute approximate surface area is 54.0 Å².